The zero-order valence-corrected chi connectivity index (χ0v) is 7.70. The number of nitrogens with zero attached hydrogens (tertiary/aromatic N) is 1. The van der Waals surface area contributed by atoms with E-state index in [0.717, 1.165) is 0 Å². The summed E-state index contributed by atoms with van der Waals surface area (Å²) in [7, 11) is 0. The van der Waals surface area contributed by atoms with Crippen molar-refractivity contribution in [2.75, 3.05) is 6.61 Å². The number of nitrogens with one attached hydrogen (secondary N) is 1. The molecule has 1 aromatic rings. The van der Waals surface area contributed by atoms with Gasteiger partial charge in [-0.3, -0.25) is 4.79 Å². The molecule has 0 unspecified atom stereocenters. The van der Waals surface area contributed by atoms with Crippen molar-refractivity contribution in [1.82, 2.24) is 10.3 Å². The lowest BCUT2D eigenvalue weighted by Gasteiger charge is -2.10. The zero-order chi connectivity index (χ0) is 10.6. The minimum atomic E-state index is -0.810. The lowest BCUT2D eigenvalue weighted by molar-refractivity contribution is 0.0917. The van der Waals surface area contributed by atoms with Gasteiger partial charge in [0.05, 0.1) is 12.2 Å². The quantitative estimate of drug-likeness (QED) is 0.688. The van der Waals surface area contributed by atoms with Gasteiger partial charge >= 0.3 is 0 Å². The van der Waals surface area contributed by atoms with E-state index in [-0.39, 0.29) is 12.2 Å². The summed E-state index contributed by atoms with van der Waals surface area (Å²) in [5.74, 6) is -1.38. The number of aliphatic hydroxyl groups excluding tert-OH is 1. The third-order valence-electron chi connectivity index (χ3n) is 1.66. The van der Waals surface area contributed by atoms with Gasteiger partial charge in [-0.2, -0.15) is 4.39 Å². The van der Waals surface area contributed by atoms with E-state index < -0.39 is 17.9 Å². The number of halogens is 1. The van der Waals surface area contributed by atoms with Gasteiger partial charge in [-0.15, -0.1) is 0 Å². The second-order valence-electron chi connectivity index (χ2n) is 2.90. The molecule has 0 fully saturated rings. The van der Waals surface area contributed by atoms with Gasteiger partial charge in [0.1, 0.15) is 0 Å². The van der Waals surface area contributed by atoms with E-state index in [0.29, 0.717) is 0 Å². The van der Waals surface area contributed by atoms with Crippen LogP contribution in [0.4, 0.5) is 4.39 Å². The van der Waals surface area contributed by atoms with Crippen LogP contribution in [0, 0.1) is 5.95 Å². The second-order valence-corrected chi connectivity index (χ2v) is 2.90. The van der Waals surface area contributed by atoms with E-state index in [4.69, 9.17) is 5.11 Å². The van der Waals surface area contributed by atoms with Gasteiger partial charge < -0.3 is 10.4 Å². The minimum Gasteiger partial charge on any atom is -0.394 e. The van der Waals surface area contributed by atoms with Crippen LogP contribution in [-0.2, 0) is 0 Å². The molecule has 14 heavy (non-hydrogen) atoms. The Balaban J connectivity index is 2.75. The van der Waals surface area contributed by atoms with Crippen LogP contribution in [0.15, 0.2) is 18.3 Å². The van der Waals surface area contributed by atoms with Crippen molar-refractivity contribution in [2.24, 2.45) is 0 Å². The number of hydrogen-bond acceptors (Lipinski definition) is 3. The Kier molecular flexibility index (Phi) is 3.53. The molecule has 0 bridgehead atoms. The first kappa shape index (κ1) is 10.6. The fourth-order valence-electron chi connectivity index (χ4n) is 0.903. The number of aromatic nitrogens is 1. The standard InChI is InChI=1S/C9H11FN2O2/c1-6(5-13)12-9(14)7-3-2-4-11-8(7)10/h2-4,6,13H,5H2,1H3,(H,12,14)/t6-/m1/s1. The van der Waals surface area contributed by atoms with Gasteiger partial charge in [0.15, 0.2) is 0 Å². The summed E-state index contributed by atoms with van der Waals surface area (Å²) in [4.78, 5) is 14.7. The van der Waals surface area contributed by atoms with Crippen LogP contribution in [0.2, 0.25) is 0 Å². The number of aliphatic hydroxyl groups is 1. The Labute approximate surface area is 80.8 Å². The Hall–Kier alpha value is -1.49. The molecule has 0 radical (unpaired) electrons. The molecule has 1 atom stereocenters. The predicted octanol–water partition coefficient (Wildman–Crippen LogP) is 0.331. The Morgan fingerprint density at radius 3 is 3.07 bits per heavy atom. The molecule has 0 saturated carbocycles. The van der Waals surface area contributed by atoms with Crippen molar-refractivity contribution in [2.45, 2.75) is 13.0 Å². The molecule has 0 aromatic carbocycles. The number of rotatable bonds is 3. The van der Waals surface area contributed by atoms with Crippen LogP contribution in [0.5, 0.6) is 0 Å². The fourth-order valence-corrected chi connectivity index (χ4v) is 0.903. The number of carbonyl (C=O) groups is 1. The van der Waals surface area contributed by atoms with E-state index in [1.807, 2.05) is 0 Å². The third-order valence-corrected chi connectivity index (χ3v) is 1.66. The van der Waals surface area contributed by atoms with Crippen molar-refractivity contribution in [3.8, 4) is 0 Å². The normalized spacial score (nSPS) is 12.2. The summed E-state index contributed by atoms with van der Waals surface area (Å²) in [6.07, 6.45) is 1.27. The van der Waals surface area contributed by atoms with Crippen LogP contribution in [0.25, 0.3) is 0 Å². The van der Waals surface area contributed by atoms with Crippen LogP contribution < -0.4 is 5.32 Å². The molecule has 0 saturated heterocycles. The second kappa shape index (κ2) is 4.66. The molecule has 1 amide bonds. The van der Waals surface area contributed by atoms with Crippen molar-refractivity contribution >= 4 is 5.91 Å². The highest BCUT2D eigenvalue weighted by Crippen LogP contribution is 2.02. The molecule has 1 heterocycles. The Morgan fingerprint density at radius 2 is 2.50 bits per heavy atom. The van der Waals surface area contributed by atoms with Crippen molar-refractivity contribution in [1.29, 1.82) is 0 Å². The number of carbonyl (C=O) groups excluding carboxylic acids is 1. The Bertz CT molecular complexity index is 330. The van der Waals surface area contributed by atoms with Crippen LogP contribution in [0.1, 0.15) is 17.3 Å². The van der Waals surface area contributed by atoms with E-state index in [9.17, 15) is 9.18 Å². The maximum atomic E-state index is 13.0. The summed E-state index contributed by atoms with van der Waals surface area (Å²) in [6, 6.07) is 2.41. The van der Waals surface area contributed by atoms with E-state index in [2.05, 4.69) is 10.3 Å². The molecular weight excluding hydrogens is 187 g/mol. The molecule has 0 aliphatic rings. The predicted molar refractivity (Wildman–Crippen MR) is 48.2 cm³/mol. The smallest absolute Gasteiger partial charge is 0.256 e. The maximum absolute atomic E-state index is 13.0. The molecule has 1 aromatic heterocycles. The summed E-state index contributed by atoms with van der Waals surface area (Å²) < 4.78 is 13.0. The first-order valence-corrected chi connectivity index (χ1v) is 4.17. The summed E-state index contributed by atoms with van der Waals surface area (Å²) >= 11 is 0. The molecule has 1 rings (SSSR count). The molecule has 4 nitrogen and oxygen atoms in total. The molecule has 2 N–H and O–H groups in total. The fraction of sp³-hybridized carbons (Fsp3) is 0.333. The first-order valence-electron chi connectivity index (χ1n) is 4.17. The SMILES string of the molecule is C[C@H](CO)NC(=O)c1cccnc1F. The van der Waals surface area contributed by atoms with Crippen molar-refractivity contribution in [3.63, 3.8) is 0 Å². The monoisotopic (exact) mass is 198 g/mol. The van der Waals surface area contributed by atoms with Crippen molar-refractivity contribution < 1.29 is 14.3 Å². The van der Waals surface area contributed by atoms with E-state index in [1.165, 1.54) is 18.3 Å². The average molecular weight is 198 g/mol. The lowest BCUT2D eigenvalue weighted by atomic mass is 10.2. The highest BCUT2D eigenvalue weighted by molar-refractivity contribution is 5.94. The molecule has 0 aliphatic carbocycles. The summed E-state index contributed by atoms with van der Waals surface area (Å²) in [5.41, 5.74) is -0.118. The molecular formula is C9H11FN2O2. The van der Waals surface area contributed by atoms with Crippen LogP contribution in [0.3, 0.4) is 0 Å². The number of amides is 1. The number of pyridine rings is 1. The topological polar surface area (TPSA) is 62.2 Å². The Morgan fingerprint density at radius 1 is 1.79 bits per heavy atom. The van der Waals surface area contributed by atoms with Crippen LogP contribution >= 0.6 is 0 Å². The number of hydrogen-bond donors (Lipinski definition) is 2. The van der Waals surface area contributed by atoms with Gasteiger partial charge in [0, 0.05) is 12.2 Å². The maximum Gasteiger partial charge on any atom is 0.256 e. The molecule has 0 aliphatic heterocycles. The zero-order valence-electron chi connectivity index (χ0n) is 7.70. The third kappa shape index (κ3) is 2.50. The molecule has 5 heteroatoms. The van der Waals surface area contributed by atoms with E-state index >= 15 is 0 Å². The average Bonchev–Trinajstić information content (AvgIpc) is 2.18. The summed E-state index contributed by atoms with van der Waals surface area (Å²) in [6.45, 7) is 1.43. The van der Waals surface area contributed by atoms with Crippen molar-refractivity contribution in [3.05, 3.63) is 29.8 Å². The lowest BCUT2D eigenvalue weighted by Crippen LogP contribution is -2.35. The molecule has 76 valence electrons. The van der Waals surface area contributed by atoms with Gasteiger partial charge in [-0.1, -0.05) is 0 Å². The van der Waals surface area contributed by atoms with Crippen LogP contribution in [-0.4, -0.2) is 28.6 Å². The van der Waals surface area contributed by atoms with E-state index in [1.54, 1.807) is 6.92 Å². The van der Waals surface area contributed by atoms with Gasteiger partial charge in [-0.25, -0.2) is 4.98 Å². The molecule has 0 spiro atoms. The van der Waals surface area contributed by atoms with Gasteiger partial charge in [0.25, 0.3) is 5.91 Å². The van der Waals surface area contributed by atoms with Gasteiger partial charge in [0.2, 0.25) is 5.95 Å². The highest BCUT2D eigenvalue weighted by Gasteiger charge is 2.13. The highest BCUT2D eigenvalue weighted by atomic mass is 19.1. The minimum absolute atomic E-state index is 0.118. The largest absolute Gasteiger partial charge is 0.394 e. The first-order chi connectivity index (χ1) is 6.65. The van der Waals surface area contributed by atoms with Gasteiger partial charge in [-0.05, 0) is 19.1 Å². The summed E-state index contributed by atoms with van der Waals surface area (Å²) in [5, 5.41) is 11.1.